The molecule has 0 saturated carbocycles. The van der Waals surface area contributed by atoms with E-state index in [1.54, 1.807) is 0 Å². The van der Waals surface area contributed by atoms with Gasteiger partial charge in [0.25, 0.3) is 0 Å². The molecule has 0 heterocycles. The molecule has 0 unspecified atom stereocenters. The molecule has 0 bridgehead atoms. The van der Waals surface area contributed by atoms with Crippen molar-refractivity contribution >= 4 is 96.3 Å². The number of carboxylic acid groups (broad SMARTS) is 1. The number of hydrogen-bond donors (Lipinski definition) is 21. The molecule has 24 N–H and O–H groups in total. The number of carbonyl (C=O) groups excluding carboxylic acids is 9. The first-order chi connectivity index (χ1) is 31.5. The molecule has 0 radical (unpaired) electrons. The average molecular weight is 994 g/mol. The van der Waals surface area contributed by atoms with Gasteiger partial charge in [-0.05, 0) is 58.4 Å². The van der Waals surface area contributed by atoms with Gasteiger partial charge in [0.1, 0.15) is 36.3 Å². The predicted molar refractivity (Wildman–Crippen MR) is 248 cm³/mol. The van der Waals surface area contributed by atoms with Crippen molar-refractivity contribution in [2.45, 2.75) is 107 Å². The van der Waals surface area contributed by atoms with Crippen molar-refractivity contribution in [1.82, 2.24) is 53.2 Å². The highest BCUT2D eigenvalue weighted by Gasteiger charge is 2.34. The number of rotatable bonds is 34. The lowest BCUT2D eigenvalue weighted by Crippen LogP contribution is -2.61. The minimum Gasteiger partial charge on any atom is -0.480 e. The quantitative estimate of drug-likeness (QED) is 0.0123. The Bertz CT molecular complexity index is 1730. The monoisotopic (exact) mass is 993 g/mol. The number of hydrogen-bond acceptors (Lipinski definition) is 17. The number of guanidine groups is 2. The summed E-state index contributed by atoms with van der Waals surface area (Å²) >= 11 is 7.77. The maximum absolute atomic E-state index is 13.9. The summed E-state index contributed by atoms with van der Waals surface area (Å²) in [6.07, 6.45) is -1.96. The molecule has 0 fully saturated rings. The van der Waals surface area contributed by atoms with Crippen LogP contribution in [0.25, 0.3) is 0 Å². The summed E-state index contributed by atoms with van der Waals surface area (Å²) in [5.41, 5.74) is 27.2. The number of carboxylic acids is 1. The summed E-state index contributed by atoms with van der Waals surface area (Å²) in [5.74, 6) is -11.1. The first-order valence-electron chi connectivity index (χ1n) is 20.9. The van der Waals surface area contributed by atoms with E-state index < -0.39 is 133 Å². The molecule has 31 heteroatoms. The second-order valence-electron chi connectivity index (χ2n) is 14.8. The molecule has 0 aromatic rings. The SMILES string of the molecule is C[C@@H](O)[C@H](NC(=O)[C@H](CCCNC(=N)N)NC(=O)[C@H](CCCCN)NC(=O)[C@H](CC(N)=O)NC(=O)CNC(=O)[C@@H](N)CS)C(=O)N[C@@H](CCCNC(=N)N)C(=O)NCC(=O)N[C@@H](CS)C(=O)O. The van der Waals surface area contributed by atoms with E-state index in [1.807, 2.05) is 0 Å². The van der Waals surface area contributed by atoms with Gasteiger partial charge in [-0.2, -0.15) is 25.3 Å². The average Bonchev–Trinajstić information content (AvgIpc) is 3.25. The summed E-state index contributed by atoms with van der Waals surface area (Å²) in [6.45, 7) is 0.0580. The molecule has 0 aliphatic carbocycles. The Balaban J connectivity index is 6.50. The molecular weight excluding hydrogens is 927 g/mol. The van der Waals surface area contributed by atoms with Crippen LogP contribution in [0.15, 0.2) is 0 Å². The van der Waals surface area contributed by atoms with E-state index in [1.165, 1.54) is 0 Å². The van der Waals surface area contributed by atoms with Crippen LogP contribution in [-0.4, -0.2) is 174 Å². The fourth-order valence-electron chi connectivity index (χ4n) is 5.58. The van der Waals surface area contributed by atoms with Gasteiger partial charge in [0.2, 0.25) is 53.2 Å². The molecule has 0 aliphatic heterocycles. The number of thiol groups is 2. The number of nitrogens with two attached hydrogens (primary N) is 5. The molecule has 29 nitrogen and oxygen atoms in total. The number of amides is 9. The molecule has 0 aromatic carbocycles. The molecule has 0 spiro atoms. The molecule has 0 rings (SSSR count). The van der Waals surface area contributed by atoms with Crippen molar-refractivity contribution in [2.24, 2.45) is 28.7 Å². The first-order valence-corrected chi connectivity index (χ1v) is 22.1. The Morgan fingerprint density at radius 1 is 0.552 bits per heavy atom. The Hall–Kier alpha value is -6.18. The highest BCUT2D eigenvalue weighted by molar-refractivity contribution is 7.80. The van der Waals surface area contributed by atoms with Crippen LogP contribution in [0.1, 0.15) is 58.3 Å². The van der Waals surface area contributed by atoms with E-state index >= 15 is 0 Å². The fraction of sp³-hybridized carbons (Fsp3) is 0.667. The minimum atomic E-state index is -1.79. The van der Waals surface area contributed by atoms with E-state index in [4.69, 9.17) is 39.5 Å². The standard InChI is InChI=1S/C36H67N17O12S2/c1-17(54)27(33(63)52-19(7-4-10-44-35(40)41)29(59)47-14-26(57)49-23(16-67)34(64)65)53-31(61)21(8-5-11-45-36(42)43)50-30(60)20(6-2-3-9-37)51-32(62)22(12-24(39)55)48-25(56)13-46-28(58)18(38)15-66/h17-23,27,54,66-67H,2-16,37-38H2,1H3,(H2,39,55)(H,46,58)(H,47,59)(H,48,56)(H,49,57)(H,50,60)(H,51,62)(H,52,63)(H,53,61)(H,64,65)(H4,40,41,44)(H4,42,43,45)/t17-,18+,19+,20+,21+,22+,23+,27+/m1/s1. The fourth-order valence-corrected chi connectivity index (χ4v) is 5.99. The zero-order chi connectivity index (χ0) is 51.2. The van der Waals surface area contributed by atoms with Gasteiger partial charge in [0, 0.05) is 24.6 Å². The highest BCUT2D eigenvalue weighted by Crippen LogP contribution is 2.08. The van der Waals surface area contributed by atoms with E-state index in [-0.39, 0.29) is 75.6 Å². The van der Waals surface area contributed by atoms with Gasteiger partial charge in [-0.25, -0.2) is 4.79 Å². The van der Waals surface area contributed by atoms with Crippen molar-refractivity contribution in [3.8, 4) is 0 Å². The van der Waals surface area contributed by atoms with Crippen LogP contribution in [0.5, 0.6) is 0 Å². The predicted octanol–water partition coefficient (Wildman–Crippen LogP) is -8.69. The maximum atomic E-state index is 13.9. The summed E-state index contributed by atoms with van der Waals surface area (Å²) < 4.78 is 0. The lowest BCUT2D eigenvalue weighted by molar-refractivity contribution is -0.141. The van der Waals surface area contributed by atoms with E-state index in [0.29, 0.717) is 6.42 Å². The number of aliphatic carboxylic acids is 1. The van der Waals surface area contributed by atoms with Gasteiger partial charge in [-0.3, -0.25) is 54.0 Å². The second kappa shape index (κ2) is 33.3. The second-order valence-corrected chi connectivity index (χ2v) is 15.5. The summed E-state index contributed by atoms with van der Waals surface area (Å²) in [7, 11) is 0. The molecule has 9 amide bonds. The number of aliphatic hydroxyl groups excluding tert-OH is 1. The largest absolute Gasteiger partial charge is 0.480 e. The third-order valence-corrected chi connectivity index (χ3v) is 9.89. The molecule has 0 aliphatic rings. The van der Waals surface area contributed by atoms with Crippen molar-refractivity contribution in [3.63, 3.8) is 0 Å². The van der Waals surface area contributed by atoms with Crippen LogP contribution < -0.4 is 81.8 Å². The van der Waals surface area contributed by atoms with Crippen molar-refractivity contribution < 1.29 is 58.2 Å². The first kappa shape index (κ1) is 60.8. The molecular formula is C36H67N17O12S2. The minimum absolute atomic E-state index is 0.0282. The van der Waals surface area contributed by atoms with Crippen molar-refractivity contribution in [1.29, 1.82) is 10.8 Å². The zero-order valence-corrected chi connectivity index (χ0v) is 38.8. The van der Waals surface area contributed by atoms with Gasteiger partial charge in [0.15, 0.2) is 11.9 Å². The lowest BCUT2D eigenvalue weighted by atomic mass is 10.0. The normalized spacial score (nSPS) is 14.3. The van der Waals surface area contributed by atoms with E-state index in [2.05, 4.69) is 78.4 Å². The van der Waals surface area contributed by atoms with Crippen molar-refractivity contribution in [2.75, 3.05) is 44.2 Å². The summed E-state index contributed by atoms with van der Waals surface area (Å²) in [6, 6.07) is -10.2. The van der Waals surface area contributed by atoms with Gasteiger partial charge in [-0.1, -0.05) is 0 Å². The number of carbonyl (C=O) groups is 10. The topological polar surface area (TPSA) is 509 Å². The number of primary amides is 1. The van der Waals surface area contributed by atoms with Crippen LogP contribution in [0.2, 0.25) is 0 Å². The highest BCUT2D eigenvalue weighted by atomic mass is 32.1. The van der Waals surface area contributed by atoms with Crippen LogP contribution in [0, 0.1) is 10.8 Å². The van der Waals surface area contributed by atoms with Gasteiger partial charge >= 0.3 is 5.97 Å². The van der Waals surface area contributed by atoms with Crippen LogP contribution in [-0.2, 0) is 47.9 Å². The van der Waals surface area contributed by atoms with Crippen LogP contribution in [0.3, 0.4) is 0 Å². The van der Waals surface area contributed by atoms with Gasteiger partial charge < -0.3 is 92.0 Å². The maximum Gasteiger partial charge on any atom is 0.327 e. The Kier molecular flexibility index (Phi) is 30.2. The smallest absolute Gasteiger partial charge is 0.327 e. The number of aliphatic hydroxyl groups is 1. The third-order valence-electron chi connectivity index (χ3n) is 9.13. The lowest BCUT2D eigenvalue weighted by Gasteiger charge is -2.28. The Labute approximate surface area is 397 Å². The molecule has 0 saturated heterocycles. The number of nitrogens with one attached hydrogen (secondary N) is 12. The molecule has 0 aromatic heterocycles. The van der Waals surface area contributed by atoms with Crippen molar-refractivity contribution in [3.05, 3.63) is 0 Å². The Morgan fingerprint density at radius 3 is 1.42 bits per heavy atom. The molecule has 67 heavy (non-hydrogen) atoms. The van der Waals surface area contributed by atoms with Crippen LogP contribution in [0.4, 0.5) is 0 Å². The Morgan fingerprint density at radius 2 is 0.985 bits per heavy atom. The van der Waals surface area contributed by atoms with Crippen LogP contribution >= 0.6 is 25.3 Å². The van der Waals surface area contributed by atoms with Gasteiger partial charge in [-0.15, -0.1) is 0 Å². The zero-order valence-electron chi connectivity index (χ0n) is 37.0. The summed E-state index contributed by atoms with van der Waals surface area (Å²) in [4.78, 5) is 128. The van der Waals surface area contributed by atoms with E-state index in [0.717, 1.165) is 6.92 Å². The van der Waals surface area contributed by atoms with Gasteiger partial charge in [0.05, 0.1) is 31.7 Å². The molecule has 380 valence electrons. The summed E-state index contributed by atoms with van der Waals surface area (Å²) in [5, 5.41) is 58.3. The molecule has 8 atom stereocenters. The van der Waals surface area contributed by atoms with E-state index in [9.17, 15) is 58.2 Å². The number of unbranched alkanes of at least 4 members (excludes halogenated alkanes) is 1. The third kappa shape index (κ3) is 26.5.